The van der Waals surface area contributed by atoms with Crippen molar-refractivity contribution in [3.8, 4) is 0 Å². The molecule has 1 aliphatic rings. The fourth-order valence-corrected chi connectivity index (χ4v) is 2.66. The molecule has 0 saturated heterocycles. The van der Waals surface area contributed by atoms with Gasteiger partial charge in [0.05, 0.1) is 22.6 Å². The number of nitrogens with one attached hydrogen (secondary N) is 1. The summed E-state index contributed by atoms with van der Waals surface area (Å²) in [5.74, 6) is -0.413. The van der Waals surface area contributed by atoms with Gasteiger partial charge in [0, 0.05) is 6.07 Å². The number of rotatable bonds is 4. The van der Waals surface area contributed by atoms with Crippen molar-refractivity contribution in [3.63, 3.8) is 0 Å². The molecule has 2 N–H and O–H groups in total. The van der Waals surface area contributed by atoms with Gasteiger partial charge in [-0.1, -0.05) is 6.07 Å². The number of benzene rings is 1. The Morgan fingerprint density at radius 1 is 1.53 bits per heavy atom. The maximum absolute atomic E-state index is 12.1. The van der Waals surface area contributed by atoms with Gasteiger partial charge >= 0.3 is 0 Å². The zero-order valence-electron chi connectivity index (χ0n) is 10.1. The third kappa shape index (κ3) is 2.62. The van der Waals surface area contributed by atoms with E-state index in [1.807, 2.05) is 0 Å². The Morgan fingerprint density at radius 3 is 2.68 bits per heavy atom. The molecule has 0 unspecified atom stereocenters. The van der Waals surface area contributed by atoms with E-state index in [0.29, 0.717) is 0 Å². The van der Waals surface area contributed by atoms with E-state index in [2.05, 4.69) is 21.2 Å². The molecule has 1 aliphatic carbocycles. The maximum Gasteiger partial charge on any atom is 0.284 e. The average Bonchev–Trinajstić information content (AvgIpc) is 2.33. The predicted octanol–water partition coefficient (Wildman–Crippen LogP) is 2.00. The number of nitrogens with zero attached hydrogens (tertiary/aromatic N) is 1. The first-order valence-electron chi connectivity index (χ1n) is 5.85. The van der Waals surface area contributed by atoms with Gasteiger partial charge in [-0.15, -0.1) is 0 Å². The van der Waals surface area contributed by atoms with Crippen LogP contribution in [-0.4, -0.2) is 28.1 Å². The largest absolute Gasteiger partial charge is 0.394 e. The van der Waals surface area contributed by atoms with Crippen molar-refractivity contribution in [2.45, 2.75) is 24.8 Å². The average molecular weight is 329 g/mol. The lowest BCUT2D eigenvalue weighted by Crippen LogP contribution is -2.56. The minimum absolute atomic E-state index is 0.120. The first kappa shape index (κ1) is 14.0. The van der Waals surface area contributed by atoms with Crippen molar-refractivity contribution in [1.82, 2.24) is 5.32 Å². The van der Waals surface area contributed by atoms with Crippen molar-refractivity contribution in [1.29, 1.82) is 0 Å². The molecule has 0 radical (unpaired) electrons. The molecule has 7 heteroatoms. The highest BCUT2D eigenvalue weighted by atomic mass is 79.9. The van der Waals surface area contributed by atoms with E-state index in [1.165, 1.54) is 18.2 Å². The molecule has 0 aliphatic heterocycles. The topological polar surface area (TPSA) is 92.5 Å². The number of carbonyl (C=O) groups excluding carboxylic acids is 1. The molecule has 6 nitrogen and oxygen atoms in total. The quantitative estimate of drug-likeness (QED) is 0.653. The van der Waals surface area contributed by atoms with Crippen LogP contribution in [0.4, 0.5) is 5.69 Å². The van der Waals surface area contributed by atoms with Gasteiger partial charge in [0.1, 0.15) is 4.47 Å². The molecule has 0 bridgehead atoms. The summed E-state index contributed by atoms with van der Waals surface area (Å²) in [6.45, 7) is -0.120. The van der Waals surface area contributed by atoms with Crippen LogP contribution in [0, 0.1) is 10.1 Å². The molecule has 1 amide bonds. The lowest BCUT2D eigenvalue weighted by atomic mass is 9.77. The lowest BCUT2D eigenvalue weighted by Gasteiger charge is -2.41. The highest BCUT2D eigenvalue weighted by molar-refractivity contribution is 9.10. The van der Waals surface area contributed by atoms with E-state index in [4.69, 9.17) is 0 Å². The van der Waals surface area contributed by atoms with E-state index < -0.39 is 16.4 Å². The highest BCUT2D eigenvalue weighted by Crippen LogP contribution is 2.33. The number of amides is 1. The first-order chi connectivity index (χ1) is 8.99. The number of aliphatic hydroxyl groups excluding tert-OH is 1. The molecule has 2 rings (SSSR count). The SMILES string of the molecule is O=C(NC1(CO)CCC1)c1cccc([N+](=O)[O-])c1Br. The Hall–Kier alpha value is -1.47. The standard InChI is InChI=1S/C12H13BrN2O4/c13-10-8(3-1-4-9(10)15(18)19)11(17)14-12(7-16)5-2-6-12/h1,3-4,16H,2,5-7H2,(H,14,17). The molecule has 0 aromatic heterocycles. The van der Waals surface area contributed by atoms with Gasteiger partial charge in [-0.2, -0.15) is 0 Å². The van der Waals surface area contributed by atoms with Crippen molar-refractivity contribution >= 4 is 27.5 Å². The number of nitro groups is 1. The van der Waals surface area contributed by atoms with Gasteiger partial charge in [0.2, 0.25) is 0 Å². The van der Waals surface area contributed by atoms with Gasteiger partial charge < -0.3 is 10.4 Å². The van der Waals surface area contributed by atoms with Crippen LogP contribution in [0.1, 0.15) is 29.6 Å². The maximum atomic E-state index is 12.1. The zero-order chi connectivity index (χ0) is 14.0. The molecule has 1 saturated carbocycles. The van der Waals surface area contributed by atoms with Gasteiger partial charge in [0.25, 0.3) is 11.6 Å². The summed E-state index contributed by atoms with van der Waals surface area (Å²) in [5, 5.41) is 22.9. The van der Waals surface area contributed by atoms with Crippen LogP contribution in [0.15, 0.2) is 22.7 Å². The monoisotopic (exact) mass is 328 g/mol. The van der Waals surface area contributed by atoms with Crippen LogP contribution in [0.3, 0.4) is 0 Å². The number of nitro benzene ring substituents is 1. The van der Waals surface area contributed by atoms with E-state index in [9.17, 15) is 20.0 Å². The van der Waals surface area contributed by atoms with E-state index in [0.717, 1.165) is 19.3 Å². The summed E-state index contributed by atoms with van der Waals surface area (Å²) < 4.78 is 0.157. The van der Waals surface area contributed by atoms with Crippen molar-refractivity contribution in [2.75, 3.05) is 6.61 Å². The highest BCUT2D eigenvalue weighted by Gasteiger charge is 2.38. The summed E-state index contributed by atoms with van der Waals surface area (Å²) in [7, 11) is 0. The second-order valence-electron chi connectivity index (χ2n) is 4.64. The van der Waals surface area contributed by atoms with E-state index >= 15 is 0 Å². The molecule has 0 spiro atoms. The number of hydrogen-bond donors (Lipinski definition) is 2. The van der Waals surface area contributed by atoms with Gasteiger partial charge in [-0.05, 0) is 41.3 Å². The third-order valence-corrected chi connectivity index (χ3v) is 4.25. The number of hydrogen-bond acceptors (Lipinski definition) is 4. The predicted molar refractivity (Wildman–Crippen MR) is 71.9 cm³/mol. The third-order valence-electron chi connectivity index (χ3n) is 3.41. The van der Waals surface area contributed by atoms with Crippen LogP contribution < -0.4 is 5.32 Å². The van der Waals surface area contributed by atoms with Gasteiger partial charge in [0.15, 0.2) is 0 Å². The fraction of sp³-hybridized carbons (Fsp3) is 0.417. The Balaban J connectivity index is 2.24. The van der Waals surface area contributed by atoms with Crippen molar-refractivity contribution in [3.05, 3.63) is 38.3 Å². The molecule has 1 aromatic rings. The van der Waals surface area contributed by atoms with E-state index in [1.54, 1.807) is 0 Å². The van der Waals surface area contributed by atoms with Crippen molar-refractivity contribution in [2.24, 2.45) is 0 Å². The van der Waals surface area contributed by atoms with Crippen LogP contribution in [0.5, 0.6) is 0 Å². The molecule has 0 atom stereocenters. The minimum Gasteiger partial charge on any atom is -0.394 e. The number of aliphatic hydroxyl groups is 1. The molecule has 1 fully saturated rings. The molecular weight excluding hydrogens is 316 g/mol. The molecule has 19 heavy (non-hydrogen) atoms. The van der Waals surface area contributed by atoms with Gasteiger partial charge in [-0.3, -0.25) is 14.9 Å². The molecular formula is C12H13BrN2O4. The Bertz CT molecular complexity index is 523. The molecule has 1 aromatic carbocycles. The normalized spacial score (nSPS) is 16.5. The van der Waals surface area contributed by atoms with E-state index in [-0.39, 0.29) is 22.3 Å². The van der Waals surface area contributed by atoms with Crippen molar-refractivity contribution < 1.29 is 14.8 Å². The number of halogens is 1. The Labute approximate surface area is 118 Å². The smallest absolute Gasteiger partial charge is 0.284 e. The number of carbonyl (C=O) groups is 1. The Kier molecular flexibility index (Phi) is 3.86. The van der Waals surface area contributed by atoms with Crippen LogP contribution in [0.25, 0.3) is 0 Å². The summed E-state index contributed by atoms with van der Waals surface area (Å²) in [5.41, 5.74) is -0.519. The van der Waals surface area contributed by atoms with Crippen LogP contribution in [0.2, 0.25) is 0 Å². The summed E-state index contributed by atoms with van der Waals surface area (Å²) >= 11 is 3.09. The summed E-state index contributed by atoms with van der Waals surface area (Å²) in [4.78, 5) is 22.4. The van der Waals surface area contributed by atoms with Crippen LogP contribution >= 0.6 is 15.9 Å². The Morgan fingerprint density at radius 2 is 2.21 bits per heavy atom. The van der Waals surface area contributed by atoms with Gasteiger partial charge in [-0.25, -0.2) is 0 Å². The van der Waals surface area contributed by atoms with Crippen LogP contribution in [-0.2, 0) is 0 Å². The summed E-state index contributed by atoms with van der Waals surface area (Å²) in [6, 6.07) is 4.30. The molecule has 0 heterocycles. The second kappa shape index (κ2) is 5.26. The minimum atomic E-state index is -0.568. The first-order valence-corrected chi connectivity index (χ1v) is 6.65. The lowest BCUT2D eigenvalue weighted by molar-refractivity contribution is -0.385. The second-order valence-corrected chi connectivity index (χ2v) is 5.43. The summed E-state index contributed by atoms with van der Waals surface area (Å²) in [6.07, 6.45) is 2.40. The zero-order valence-corrected chi connectivity index (χ0v) is 11.6. The fourth-order valence-electron chi connectivity index (χ4n) is 2.07. The molecule has 102 valence electrons.